The Morgan fingerprint density at radius 1 is 1.13 bits per heavy atom. The van der Waals surface area contributed by atoms with Crippen molar-refractivity contribution in [2.45, 2.75) is 57.5 Å². The Morgan fingerprint density at radius 2 is 1.95 bits per heavy atom. The molecule has 8 heteroatoms. The zero-order valence-corrected chi connectivity index (χ0v) is 23.6. The quantitative estimate of drug-likeness (QED) is 0.466. The van der Waals surface area contributed by atoms with Crippen LogP contribution in [0.2, 0.25) is 5.02 Å². The molecule has 2 aromatic heterocycles. The van der Waals surface area contributed by atoms with Crippen molar-refractivity contribution in [2.24, 2.45) is 22.1 Å². The van der Waals surface area contributed by atoms with Crippen LogP contribution in [0.5, 0.6) is 0 Å². The first-order valence-electron chi connectivity index (χ1n) is 14.3. The van der Waals surface area contributed by atoms with Gasteiger partial charge in [-0.3, -0.25) is 9.98 Å². The lowest BCUT2D eigenvalue weighted by Crippen LogP contribution is -2.44. The van der Waals surface area contributed by atoms with E-state index in [1.165, 1.54) is 29.7 Å². The molecule has 7 nitrogen and oxygen atoms in total. The van der Waals surface area contributed by atoms with Gasteiger partial charge in [0.25, 0.3) is 0 Å². The predicted molar refractivity (Wildman–Crippen MR) is 157 cm³/mol. The van der Waals surface area contributed by atoms with Crippen LogP contribution < -0.4 is 15.5 Å². The fourth-order valence-corrected chi connectivity index (χ4v) is 7.01. The number of pyridine rings is 1. The van der Waals surface area contributed by atoms with Crippen LogP contribution in [-0.4, -0.2) is 47.8 Å². The minimum Gasteiger partial charge on any atom is -0.378 e. The summed E-state index contributed by atoms with van der Waals surface area (Å²) in [6, 6.07) is 8.82. The largest absolute Gasteiger partial charge is 0.378 e. The molecule has 1 saturated carbocycles. The smallest absolute Gasteiger partial charge is 0.147 e. The van der Waals surface area contributed by atoms with E-state index >= 15 is 0 Å². The van der Waals surface area contributed by atoms with Gasteiger partial charge in [-0.25, -0.2) is 9.97 Å². The summed E-state index contributed by atoms with van der Waals surface area (Å²) in [6.07, 6.45) is 11.7. The third-order valence-corrected chi connectivity index (χ3v) is 9.83. The number of nitrogens with zero attached hydrogens (tertiary/aromatic N) is 6. The standard InChI is InChI=1S/C31H36ClN7/c1-38(2)21-7-6-20-16-31(30(33)23(20)15-21)10-13-39(14-11-31)26-18-36-29-25(37-26)17-35-28(29)22-9-12-34-24(27(22)32)8-5-19-3-4-19/h6-7,9,12,15,18-19,30H,3-5,8,10-11,13-14,16-17,33H2,1-2H3/t30-/m1/s1. The van der Waals surface area contributed by atoms with E-state index in [9.17, 15) is 0 Å². The number of halogens is 1. The molecule has 1 aromatic carbocycles. The van der Waals surface area contributed by atoms with Gasteiger partial charge < -0.3 is 15.5 Å². The fraction of sp³-hybridized carbons (Fsp3) is 0.484. The molecule has 2 aliphatic heterocycles. The van der Waals surface area contributed by atoms with Gasteiger partial charge in [-0.1, -0.05) is 30.5 Å². The van der Waals surface area contributed by atoms with Crippen molar-refractivity contribution in [2.75, 3.05) is 37.0 Å². The second-order valence-corrected chi connectivity index (χ2v) is 12.4. The van der Waals surface area contributed by atoms with Crippen LogP contribution in [0.4, 0.5) is 11.5 Å². The van der Waals surface area contributed by atoms with Crippen molar-refractivity contribution in [1.29, 1.82) is 0 Å². The maximum Gasteiger partial charge on any atom is 0.147 e. The van der Waals surface area contributed by atoms with E-state index in [1.807, 2.05) is 18.5 Å². The van der Waals surface area contributed by atoms with Crippen LogP contribution in [0.15, 0.2) is 41.7 Å². The highest BCUT2D eigenvalue weighted by Crippen LogP contribution is 2.51. The fourth-order valence-electron chi connectivity index (χ4n) is 6.71. The van der Waals surface area contributed by atoms with Gasteiger partial charge in [-0.2, -0.15) is 0 Å². The van der Waals surface area contributed by atoms with Gasteiger partial charge in [-0.15, -0.1) is 0 Å². The lowest BCUT2D eigenvalue weighted by Gasteiger charge is -2.42. The molecule has 0 unspecified atom stereocenters. The molecule has 0 radical (unpaired) electrons. The Bertz CT molecular complexity index is 1450. The van der Waals surface area contributed by atoms with Crippen LogP contribution in [0.25, 0.3) is 0 Å². The number of rotatable bonds is 6. The van der Waals surface area contributed by atoms with Gasteiger partial charge in [0.1, 0.15) is 11.5 Å². The zero-order chi connectivity index (χ0) is 26.7. The molecule has 7 rings (SSSR count). The molecule has 1 saturated heterocycles. The number of aryl methyl sites for hydroxylation is 1. The number of benzene rings is 1. The number of hydrogen-bond donors (Lipinski definition) is 1. The van der Waals surface area contributed by atoms with Crippen LogP contribution >= 0.6 is 11.6 Å². The van der Waals surface area contributed by atoms with Gasteiger partial charge in [-0.05, 0) is 72.8 Å². The summed E-state index contributed by atoms with van der Waals surface area (Å²) in [4.78, 5) is 23.8. The number of aromatic nitrogens is 3. The topological polar surface area (TPSA) is 83.5 Å². The third kappa shape index (κ3) is 4.40. The average molecular weight is 542 g/mol. The Kier molecular flexibility index (Phi) is 6.12. The molecule has 0 amide bonds. The minimum atomic E-state index is 0.0795. The second kappa shape index (κ2) is 9.56. The van der Waals surface area contributed by atoms with E-state index in [1.54, 1.807) is 0 Å². The van der Waals surface area contributed by atoms with Gasteiger partial charge in [0.05, 0.1) is 34.9 Å². The highest BCUT2D eigenvalue weighted by molar-refractivity contribution is 6.36. The summed E-state index contributed by atoms with van der Waals surface area (Å²) in [5, 5.41) is 0.712. The molecule has 4 aliphatic rings. The van der Waals surface area contributed by atoms with Gasteiger partial charge >= 0.3 is 0 Å². The number of hydrogen-bond acceptors (Lipinski definition) is 7. The Labute approximate surface area is 235 Å². The number of nitrogens with two attached hydrogens (primary N) is 1. The monoisotopic (exact) mass is 541 g/mol. The summed E-state index contributed by atoms with van der Waals surface area (Å²) < 4.78 is 0. The molecule has 39 heavy (non-hydrogen) atoms. The van der Waals surface area contributed by atoms with Gasteiger partial charge in [0, 0.05) is 50.7 Å². The molecule has 1 atom stereocenters. The molecule has 4 heterocycles. The van der Waals surface area contributed by atoms with Crippen LogP contribution in [-0.2, 0) is 19.4 Å². The maximum atomic E-state index is 6.92. The van der Waals surface area contributed by atoms with E-state index in [0.717, 1.165) is 85.3 Å². The van der Waals surface area contributed by atoms with E-state index in [0.29, 0.717) is 11.6 Å². The molecule has 2 N–H and O–H groups in total. The Morgan fingerprint density at radius 3 is 2.72 bits per heavy atom. The summed E-state index contributed by atoms with van der Waals surface area (Å²) in [7, 11) is 4.17. The van der Waals surface area contributed by atoms with Crippen molar-refractivity contribution in [3.8, 4) is 0 Å². The van der Waals surface area contributed by atoms with Gasteiger partial charge in [0.2, 0.25) is 0 Å². The number of aliphatic imine (C=N–C) groups is 1. The normalized spacial score (nSPS) is 21.2. The molecule has 202 valence electrons. The first kappa shape index (κ1) is 25.0. The molecule has 0 bridgehead atoms. The zero-order valence-electron chi connectivity index (χ0n) is 22.8. The molecular weight excluding hydrogens is 506 g/mol. The van der Waals surface area contributed by atoms with E-state index in [-0.39, 0.29) is 11.5 Å². The Hall–Kier alpha value is -3.03. The number of piperidine rings is 1. The summed E-state index contributed by atoms with van der Waals surface area (Å²) in [5.74, 6) is 1.78. The SMILES string of the molecule is CN(C)c1ccc2c(c1)[C@@H](N)C1(CCN(c3cnc4c(n3)CN=C4c3ccnc(CCC4CC4)c3Cl)CC1)C2. The minimum absolute atomic E-state index is 0.0795. The lowest BCUT2D eigenvalue weighted by atomic mass is 9.73. The van der Waals surface area contributed by atoms with Crippen LogP contribution in [0, 0.1) is 11.3 Å². The third-order valence-electron chi connectivity index (χ3n) is 9.41. The molecule has 1 spiro atoms. The van der Waals surface area contributed by atoms with Crippen molar-refractivity contribution >= 4 is 28.8 Å². The average Bonchev–Trinajstić information content (AvgIpc) is 3.63. The summed E-state index contributed by atoms with van der Waals surface area (Å²) in [5.41, 5.74) is 15.5. The van der Waals surface area contributed by atoms with Crippen molar-refractivity contribution < 1.29 is 0 Å². The van der Waals surface area contributed by atoms with E-state index in [4.69, 9.17) is 32.3 Å². The molecule has 2 fully saturated rings. The first-order chi connectivity index (χ1) is 18.9. The first-order valence-corrected chi connectivity index (χ1v) is 14.6. The predicted octanol–water partition coefficient (Wildman–Crippen LogP) is 5.13. The van der Waals surface area contributed by atoms with Crippen molar-refractivity contribution in [3.05, 3.63) is 75.5 Å². The maximum absolute atomic E-state index is 6.92. The highest BCUT2D eigenvalue weighted by Gasteiger charge is 2.46. The van der Waals surface area contributed by atoms with E-state index < -0.39 is 0 Å². The Balaban J connectivity index is 1.06. The molecular formula is C31H36ClN7. The van der Waals surface area contributed by atoms with Crippen molar-refractivity contribution in [1.82, 2.24) is 15.0 Å². The highest BCUT2D eigenvalue weighted by atomic mass is 35.5. The summed E-state index contributed by atoms with van der Waals surface area (Å²) in [6.45, 7) is 2.40. The number of fused-ring (bicyclic) bond motifs is 2. The van der Waals surface area contributed by atoms with Gasteiger partial charge in [0.15, 0.2) is 0 Å². The van der Waals surface area contributed by atoms with Crippen LogP contribution in [0.3, 0.4) is 0 Å². The van der Waals surface area contributed by atoms with Crippen LogP contribution in [0.1, 0.15) is 71.9 Å². The van der Waals surface area contributed by atoms with E-state index in [2.05, 4.69) is 47.1 Å². The summed E-state index contributed by atoms with van der Waals surface area (Å²) >= 11 is 6.83. The second-order valence-electron chi connectivity index (χ2n) is 12.1. The molecule has 3 aromatic rings. The number of anilines is 2. The molecule has 2 aliphatic carbocycles. The van der Waals surface area contributed by atoms with Crippen molar-refractivity contribution in [3.63, 3.8) is 0 Å². The lowest BCUT2D eigenvalue weighted by molar-refractivity contribution is 0.187.